The number of carbonyl (C=O) groups is 2. The Morgan fingerprint density at radius 1 is 0.738 bits per heavy atom. The molecule has 42 heavy (non-hydrogen) atoms. The summed E-state index contributed by atoms with van der Waals surface area (Å²) in [6.07, 6.45) is 0.111. The van der Waals surface area contributed by atoms with Crippen molar-refractivity contribution in [3.8, 4) is 23.0 Å². The number of carbonyl (C=O) groups excluding carboxylic acids is 2. The van der Waals surface area contributed by atoms with Crippen LogP contribution in [0.3, 0.4) is 0 Å². The van der Waals surface area contributed by atoms with Crippen molar-refractivity contribution in [2.24, 2.45) is 5.10 Å². The Morgan fingerprint density at radius 2 is 1.36 bits per heavy atom. The van der Waals surface area contributed by atoms with Gasteiger partial charge in [0.25, 0.3) is 0 Å². The summed E-state index contributed by atoms with van der Waals surface area (Å²) in [6.45, 7) is 2.41. The average Bonchev–Trinajstić information content (AvgIpc) is 3.03. The van der Waals surface area contributed by atoms with Gasteiger partial charge in [-0.15, -0.1) is 0 Å². The Labute approximate surface area is 243 Å². The predicted molar refractivity (Wildman–Crippen MR) is 160 cm³/mol. The molecule has 0 unspecified atom stereocenters. The summed E-state index contributed by atoms with van der Waals surface area (Å²) in [7, 11) is 0. The van der Waals surface area contributed by atoms with Crippen molar-refractivity contribution in [2.45, 2.75) is 13.2 Å². The van der Waals surface area contributed by atoms with E-state index in [0.717, 1.165) is 10.8 Å². The third-order valence-corrected chi connectivity index (χ3v) is 6.09. The summed E-state index contributed by atoms with van der Waals surface area (Å²) in [4.78, 5) is 26.1. The smallest absolute Gasteiger partial charge is 0.343 e. The molecule has 0 aliphatic carbocycles. The number of hydrogen-bond acceptors (Lipinski definition) is 7. The van der Waals surface area contributed by atoms with E-state index < -0.39 is 18.2 Å². The molecular formula is C34H28N2O6. The second kappa shape index (κ2) is 13.6. The number of amides is 1. The Hall–Kier alpha value is -5.63. The van der Waals surface area contributed by atoms with Crippen molar-refractivity contribution in [1.29, 1.82) is 0 Å². The van der Waals surface area contributed by atoms with Crippen LogP contribution in [0.4, 0.5) is 0 Å². The largest absolute Gasteiger partial charge is 0.494 e. The normalized spacial score (nSPS) is 10.9. The van der Waals surface area contributed by atoms with Gasteiger partial charge >= 0.3 is 18.2 Å². The third-order valence-electron chi connectivity index (χ3n) is 6.09. The van der Waals surface area contributed by atoms with Crippen LogP contribution in [0.2, 0.25) is 0 Å². The second-order valence-corrected chi connectivity index (χ2v) is 8.97. The van der Waals surface area contributed by atoms with Crippen LogP contribution in [0.1, 0.15) is 22.8 Å². The fraction of sp³-hybridized carbons (Fsp3) is 0.0882. The van der Waals surface area contributed by atoms with Gasteiger partial charge in [0.15, 0.2) is 0 Å². The molecule has 8 heteroatoms. The number of fused-ring (bicyclic) bond motifs is 1. The van der Waals surface area contributed by atoms with Gasteiger partial charge in [0, 0.05) is 5.56 Å². The van der Waals surface area contributed by atoms with E-state index in [1.165, 1.54) is 6.21 Å². The molecule has 8 nitrogen and oxygen atoms in total. The second-order valence-electron chi connectivity index (χ2n) is 8.97. The van der Waals surface area contributed by atoms with Gasteiger partial charge in [-0.05, 0) is 72.3 Å². The van der Waals surface area contributed by atoms with E-state index in [-0.39, 0.29) is 5.75 Å². The first-order valence-corrected chi connectivity index (χ1v) is 13.3. The molecule has 0 spiro atoms. The maximum absolute atomic E-state index is 13.2. The zero-order chi connectivity index (χ0) is 29.1. The molecular weight excluding hydrogens is 532 g/mol. The van der Waals surface area contributed by atoms with Crippen LogP contribution in [-0.4, -0.2) is 31.0 Å². The first-order valence-electron chi connectivity index (χ1n) is 13.3. The zero-order valence-electron chi connectivity index (χ0n) is 22.8. The Kier molecular flexibility index (Phi) is 9.06. The van der Waals surface area contributed by atoms with Gasteiger partial charge in [0.2, 0.25) is 0 Å². The molecule has 0 bridgehead atoms. The molecule has 0 fully saturated rings. The first-order chi connectivity index (χ1) is 20.6. The number of rotatable bonds is 11. The number of nitrogens with zero attached hydrogens (tertiary/aromatic N) is 1. The summed E-state index contributed by atoms with van der Waals surface area (Å²) in [6, 6.07) is 35.6. The molecule has 5 aromatic carbocycles. The molecule has 0 aromatic heterocycles. The van der Waals surface area contributed by atoms with Crippen molar-refractivity contribution in [2.75, 3.05) is 6.61 Å². The van der Waals surface area contributed by atoms with Gasteiger partial charge in [0.1, 0.15) is 23.0 Å². The number of ether oxygens (including phenoxy) is 4. The fourth-order valence-corrected chi connectivity index (χ4v) is 4.10. The first kappa shape index (κ1) is 27.9. The number of benzene rings is 5. The van der Waals surface area contributed by atoms with Crippen molar-refractivity contribution >= 4 is 28.9 Å². The van der Waals surface area contributed by atoms with Crippen LogP contribution in [0.5, 0.6) is 23.0 Å². The number of para-hydroxylation sites is 2. The monoisotopic (exact) mass is 560 g/mol. The highest BCUT2D eigenvalue weighted by Gasteiger charge is 2.23. The van der Waals surface area contributed by atoms with E-state index in [2.05, 4.69) is 10.5 Å². The van der Waals surface area contributed by atoms with Gasteiger partial charge in [-0.25, -0.2) is 10.2 Å². The van der Waals surface area contributed by atoms with Gasteiger partial charge in [0.05, 0.1) is 18.4 Å². The van der Waals surface area contributed by atoms with Crippen molar-refractivity contribution in [3.05, 3.63) is 132 Å². The molecule has 0 heterocycles. The highest BCUT2D eigenvalue weighted by atomic mass is 16.7. The number of esters is 1. The van der Waals surface area contributed by atoms with E-state index >= 15 is 0 Å². The minimum Gasteiger partial charge on any atom is -0.494 e. The predicted octanol–water partition coefficient (Wildman–Crippen LogP) is 6.39. The molecule has 210 valence electrons. The zero-order valence-corrected chi connectivity index (χ0v) is 22.8. The van der Waals surface area contributed by atoms with E-state index in [4.69, 9.17) is 18.9 Å². The van der Waals surface area contributed by atoms with E-state index in [1.807, 2.05) is 49.4 Å². The van der Waals surface area contributed by atoms with Crippen molar-refractivity contribution in [3.63, 3.8) is 0 Å². The quantitative estimate of drug-likeness (QED) is 0.0661. The molecule has 0 radical (unpaired) electrons. The highest BCUT2D eigenvalue weighted by Crippen LogP contribution is 2.28. The Morgan fingerprint density at radius 3 is 2.00 bits per heavy atom. The summed E-state index contributed by atoms with van der Waals surface area (Å²) in [5, 5.41) is 5.87. The number of nitrogens with one attached hydrogen (secondary N) is 1. The van der Waals surface area contributed by atoms with Gasteiger partial charge in [-0.2, -0.15) is 5.10 Å². The third kappa shape index (κ3) is 7.11. The van der Waals surface area contributed by atoms with E-state index in [1.54, 1.807) is 78.9 Å². The van der Waals surface area contributed by atoms with Crippen LogP contribution < -0.4 is 24.4 Å². The van der Waals surface area contributed by atoms with Crippen LogP contribution in [0.25, 0.3) is 10.8 Å². The van der Waals surface area contributed by atoms with E-state index in [9.17, 15) is 9.59 Å². The summed E-state index contributed by atoms with van der Waals surface area (Å²) < 4.78 is 22.9. The molecule has 0 saturated carbocycles. The van der Waals surface area contributed by atoms with Crippen LogP contribution in [0.15, 0.2) is 126 Å². The average molecular weight is 561 g/mol. The summed E-state index contributed by atoms with van der Waals surface area (Å²) in [5.41, 5.74) is 3.37. The van der Waals surface area contributed by atoms with Crippen LogP contribution in [-0.2, 0) is 4.79 Å². The summed E-state index contributed by atoms with van der Waals surface area (Å²) in [5.74, 6) is 0.675. The van der Waals surface area contributed by atoms with Crippen molar-refractivity contribution < 1.29 is 28.5 Å². The Bertz CT molecular complexity index is 1630. The molecule has 5 aromatic rings. The minimum atomic E-state index is -1.32. The summed E-state index contributed by atoms with van der Waals surface area (Å²) >= 11 is 0. The molecule has 1 amide bonds. The van der Waals surface area contributed by atoms with E-state index in [0.29, 0.717) is 35.0 Å². The topological polar surface area (TPSA) is 95.5 Å². The number of hydrazone groups is 1. The fourth-order valence-electron chi connectivity index (χ4n) is 4.10. The lowest BCUT2D eigenvalue weighted by Gasteiger charge is -2.18. The highest BCUT2D eigenvalue weighted by molar-refractivity contribution is 6.04. The number of hydrogen-bond donors (Lipinski definition) is 1. The maximum atomic E-state index is 13.2. The molecule has 0 atom stereocenters. The maximum Gasteiger partial charge on any atom is 0.343 e. The van der Waals surface area contributed by atoms with Gasteiger partial charge in [-0.3, -0.25) is 4.79 Å². The lowest BCUT2D eigenvalue weighted by Crippen LogP contribution is -2.40. The standard InChI is InChI=1S/C34H28N2O6/c1-2-39-26-20-17-25(18-21-26)33(38)42-31-22-19-24-11-9-10-16-29(24)30(31)23-35-36-32(37)34(40-27-12-5-3-6-13-27)41-28-14-7-4-8-15-28/h3-23,34H,2H2,1H3,(H,36,37). The van der Waals surface area contributed by atoms with Crippen LogP contribution >= 0.6 is 0 Å². The molecule has 1 N–H and O–H groups in total. The Balaban J connectivity index is 1.37. The molecule has 0 aliphatic heterocycles. The molecule has 5 rings (SSSR count). The minimum absolute atomic E-state index is 0.281. The molecule has 0 saturated heterocycles. The van der Waals surface area contributed by atoms with Gasteiger partial charge < -0.3 is 18.9 Å². The molecule has 0 aliphatic rings. The lowest BCUT2D eigenvalue weighted by atomic mass is 10.0. The van der Waals surface area contributed by atoms with Gasteiger partial charge in [-0.1, -0.05) is 66.7 Å². The van der Waals surface area contributed by atoms with Crippen LogP contribution in [0, 0.1) is 0 Å². The SMILES string of the molecule is CCOc1ccc(C(=O)Oc2ccc3ccccc3c2C=NNC(=O)C(Oc2ccccc2)Oc2ccccc2)cc1. The lowest BCUT2D eigenvalue weighted by molar-refractivity contribution is -0.140. The van der Waals surface area contributed by atoms with Crippen molar-refractivity contribution in [1.82, 2.24) is 5.43 Å².